The van der Waals surface area contributed by atoms with Crippen molar-refractivity contribution < 1.29 is 58.0 Å². The first-order valence-electron chi connectivity index (χ1n) is 19.4. The summed E-state index contributed by atoms with van der Waals surface area (Å²) < 4.78 is 10.3. The molecule has 17 heteroatoms. The highest BCUT2D eigenvalue weighted by molar-refractivity contribution is 6.32. The molecule has 4 aliphatic carbocycles. The number of likely N-dealkylation sites (N-methyl/N-ethyl adjacent to an activating group) is 1. The normalized spacial score (nSPS) is 26.2. The first kappa shape index (κ1) is 43.2. The fourth-order valence-corrected chi connectivity index (χ4v) is 9.15. The van der Waals surface area contributed by atoms with Gasteiger partial charge in [-0.3, -0.25) is 43.4 Å². The van der Waals surface area contributed by atoms with E-state index < -0.39 is 107 Å². The molecule has 0 saturated heterocycles. The monoisotopic (exact) mass is 797 g/mol. The number of rotatable bonds is 11. The third-order valence-corrected chi connectivity index (χ3v) is 12.0. The van der Waals surface area contributed by atoms with Crippen molar-refractivity contribution in [3.05, 3.63) is 17.2 Å². The summed E-state index contributed by atoms with van der Waals surface area (Å²) in [5.74, 6) is -12.9. The number of benzene rings is 1. The average Bonchev–Trinajstić information content (AvgIpc) is 3.11. The van der Waals surface area contributed by atoms with Crippen LogP contribution in [0.15, 0.2) is 6.07 Å². The van der Waals surface area contributed by atoms with E-state index in [1.165, 1.54) is 31.5 Å². The molecule has 57 heavy (non-hydrogen) atoms. The molecule has 5 rings (SSSR count). The van der Waals surface area contributed by atoms with Gasteiger partial charge in [0.05, 0.1) is 23.2 Å². The fraction of sp³-hybridized carbons (Fsp3) is 0.650. The second-order valence-corrected chi connectivity index (χ2v) is 17.2. The van der Waals surface area contributed by atoms with E-state index in [1.807, 2.05) is 0 Å². The molecule has 0 aromatic heterocycles. The van der Waals surface area contributed by atoms with Crippen LogP contribution >= 0.6 is 0 Å². The Labute approximate surface area is 331 Å². The predicted octanol–water partition coefficient (Wildman–Crippen LogP) is 1.97. The number of nitrogens with one attached hydrogen (secondary N) is 1. The topological polar surface area (TPSA) is 243 Å². The van der Waals surface area contributed by atoms with Crippen LogP contribution in [0, 0.1) is 29.6 Å². The SMILES string of the molecule is CN(C)c1cc(NC(=O)CN(C(=O)OCOC(=O)CCC2CCCCC2)C(C)(C)C)c(O)c2c1C[C@H]1C[C@H]3[C@H](N(C)C)C(=O)C(C(N)=O)C(=O)[C@@]3(O)C(=O)C1C2=O. The van der Waals surface area contributed by atoms with Crippen LogP contribution in [0.2, 0.25) is 0 Å². The molecule has 17 nitrogen and oxygen atoms in total. The number of phenols is 1. The highest BCUT2D eigenvalue weighted by Gasteiger charge is 2.69. The summed E-state index contributed by atoms with van der Waals surface area (Å²) in [6.45, 7) is 3.76. The van der Waals surface area contributed by atoms with E-state index in [0.29, 0.717) is 23.6 Å². The number of primary amides is 1. The maximum Gasteiger partial charge on any atom is 0.413 e. The van der Waals surface area contributed by atoms with Gasteiger partial charge in [0, 0.05) is 37.7 Å². The Kier molecular flexibility index (Phi) is 12.5. The zero-order valence-electron chi connectivity index (χ0n) is 33.7. The molecule has 1 aromatic carbocycles. The number of aliphatic hydroxyl groups is 1. The van der Waals surface area contributed by atoms with Crippen molar-refractivity contribution in [2.24, 2.45) is 35.3 Å². The number of hydrogen-bond donors (Lipinski definition) is 4. The number of ether oxygens (including phenoxy) is 2. The number of esters is 1. The molecule has 0 heterocycles. The number of fused-ring (bicyclic) bond motifs is 3. The first-order chi connectivity index (χ1) is 26.6. The molecule has 6 atom stereocenters. The van der Waals surface area contributed by atoms with Crippen molar-refractivity contribution in [3.8, 4) is 5.75 Å². The van der Waals surface area contributed by atoms with Crippen LogP contribution in [-0.2, 0) is 44.7 Å². The highest BCUT2D eigenvalue weighted by Crippen LogP contribution is 2.52. The summed E-state index contributed by atoms with van der Waals surface area (Å²) in [4.78, 5) is 111. The number of Topliss-reactive ketones (excluding diaryl/α,β-unsaturated/α-hetero) is 4. The Morgan fingerprint density at radius 3 is 2.21 bits per heavy atom. The lowest BCUT2D eigenvalue weighted by atomic mass is 9.52. The number of carbonyl (C=O) groups excluding carboxylic acids is 8. The van der Waals surface area contributed by atoms with Gasteiger partial charge < -0.3 is 35.6 Å². The lowest BCUT2D eigenvalue weighted by molar-refractivity contribution is -0.181. The third-order valence-electron chi connectivity index (χ3n) is 12.0. The number of hydrogen-bond acceptors (Lipinski definition) is 14. The van der Waals surface area contributed by atoms with Gasteiger partial charge in [-0.25, -0.2) is 4.79 Å². The molecule has 3 fully saturated rings. The van der Waals surface area contributed by atoms with Gasteiger partial charge in [-0.1, -0.05) is 32.1 Å². The molecule has 0 radical (unpaired) electrons. The van der Waals surface area contributed by atoms with Gasteiger partial charge in [-0.05, 0) is 77.6 Å². The molecule has 2 unspecified atom stereocenters. The van der Waals surface area contributed by atoms with Gasteiger partial charge in [-0.2, -0.15) is 0 Å². The van der Waals surface area contributed by atoms with Crippen molar-refractivity contribution in [2.75, 3.05) is 51.7 Å². The van der Waals surface area contributed by atoms with E-state index in [4.69, 9.17) is 15.2 Å². The van der Waals surface area contributed by atoms with Crippen molar-refractivity contribution in [1.29, 1.82) is 0 Å². The Hall–Kier alpha value is -4.90. The number of amides is 3. The van der Waals surface area contributed by atoms with Crippen molar-refractivity contribution in [1.82, 2.24) is 9.80 Å². The van der Waals surface area contributed by atoms with Gasteiger partial charge in [0.25, 0.3) is 0 Å². The van der Waals surface area contributed by atoms with Crippen LogP contribution in [-0.4, -0.2) is 126 Å². The summed E-state index contributed by atoms with van der Waals surface area (Å²) >= 11 is 0. The largest absolute Gasteiger partial charge is 0.505 e. The molecule has 3 saturated carbocycles. The van der Waals surface area contributed by atoms with Crippen LogP contribution in [0.5, 0.6) is 5.75 Å². The number of nitrogens with two attached hydrogens (primary N) is 1. The molecular formula is C40H55N5O12. The molecule has 312 valence electrons. The Balaban J connectivity index is 1.36. The smallest absolute Gasteiger partial charge is 0.413 e. The standard InChI is InChI=1S/C40H55N5O12/c1-39(2,3)45(38(54)57-19-56-27(47)14-13-20-11-9-8-10-12-20)18-26(46)42-24-17-25(43(4)5)22-15-21-16-23-31(44(6)7)34(50)30(37(41)53)36(52)40(23,55)35(51)28(21)33(49)29(22)32(24)48/h17,20-21,23,28,30-31,48,55H,8-16,18-19H2,1-7H3,(H2,41,53)(H,42,46)/t21-,23-,28?,30?,31-,40-/m0/s1. The minimum atomic E-state index is -2.89. The number of nitrogens with zero attached hydrogens (tertiary/aromatic N) is 3. The van der Waals surface area contributed by atoms with E-state index in [1.54, 1.807) is 39.8 Å². The van der Waals surface area contributed by atoms with Gasteiger partial charge in [0.15, 0.2) is 34.7 Å². The molecule has 4 aliphatic rings. The molecule has 0 bridgehead atoms. The summed E-state index contributed by atoms with van der Waals surface area (Å²) in [7, 11) is 6.36. The summed E-state index contributed by atoms with van der Waals surface area (Å²) in [6.07, 6.45) is 5.53. The number of ketones is 4. The lowest BCUT2D eigenvalue weighted by Crippen LogP contribution is -2.74. The zero-order valence-corrected chi connectivity index (χ0v) is 33.7. The average molecular weight is 798 g/mol. The van der Waals surface area contributed by atoms with E-state index >= 15 is 0 Å². The van der Waals surface area contributed by atoms with Crippen LogP contribution in [0.25, 0.3) is 0 Å². The first-order valence-corrected chi connectivity index (χ1v) is 19.4. The van der Waals surface area contributed by atoms with E-state index in [-0.39, 0.29) is 30.5 Å². The number of anilines is 2. The highest BCUT2D eigenvalue weighted by atomic mass is 16.7. The van der Waals surface area contributed by atoms with Crippen molar-refractivity contribution in [2.45, 2.75) is 95.7 Å². The third kappa shape index (κ3) is 8.26. The van der Waals surface area contributed by atoms with Crippen LogP contribution in [0.4, 0.5) is 16.2 Å². The second-order valence-electron chi connectivity index (χ2n) is 17.2. The molecule has 3 amide bonds. The minimum Gasteiger partial charge on any atom is -0.505 e. The summed E-state index contributed by atoms with van der Waals surface area (Å²) in [5.41, 5.74) is 1.79. The second kappa shape index (κ2) is 16.5. The van der Waals surface area contributed by atoms with Gasteiger partial charge in [0.2, 0.25) is 18.6 Å². The maximum absolute atomic E-state index is 14.4. The fourth-order valence-electron chi connectivity index (χ4n) is 9.15. The summed E-state index contributed by atoms with van der Waals surface area (Å²) in [6, 6.07) is 0.211. The minimum absolute atomic E-state index is 0.0237. The Bertz CT molecular complexity index is 1850. The zero-order chi connectivity index (χ0) is 42.3. The quantitative estimate of drug-likeness (QED) is 0.108. The van der Waals surface area contributed by atoms with Crippen LogP contribution < -0.4 is 16.0 Å². The van der Waals surface area contributed by atoms with Crippen LogP contribution in [0.1, 0.15) is 88.1 Å². The predicted molar refractivity (Wildman–Crippen MR) is 204 cm³/mol. The number of carbonyl (C=O) groups is 8. The number of aromatic hydroxyl groups is 1. The Morgan fingerprint density at radius 1 is 0.982 bits per heavy atom. The molecule has 0 spiro atoms. The number of phenolic OH excluding ortho intramolecular Hbond substituents is 1. The lowest BCUT2D eigenvalue weighted by Gasteiger charge is -2.52. The van der Waals surface area contributed by atoms with Crippen molar-refractivity contribution >= 4 is 58.4 Å². The van der Waals surface area contributed by atoms with Crippen molar-refractivity contribution in [3.63, 3.8) is 0 Å². The van der Waals surface area contributed by atoms with Gasteiger partial charge in [-0.15, -0.1) is 0 Å². The molecule has 0 aliphatic heterocycles. The van der Waals surface area contributed by atoms with Gasteiger partial charge in [0.1, 0.15) is 12.3 Å². The van der Waals surface area contributed by atoms with Crippen LogP contribution in [0.3, 0.4) is 0 Å². The summed E-state index contributed by atoms with van der Waals surface area (Å²) in [5, 5.41) is 26.0. The van der Waals surface area contributed by atoms with Gasteiger partial charge >= 0.3 is 12.1 Å². The molecular weight excluding hydrogens is 742 g/mol. The van der Waals surface area contributed by atoms with E-state index in [2.05, 4.69) is 5.32 Å². The molecule has 1 aromatic rings. The molecule has 5 N–H and O–H groups in total. The Morgan fingerprint density at radius 2 is 1.63 bits per heavy atom. The van der Waals surface area contributed by atoms with E-state index in [0.717, 1.165) is 30.6 Å². The van der Waals surface area contributed by atoms with E-state index in [9.17, 15) is 48.6 Å². The maximum atomic E-state index is 14.4.